The molecule has 0 radical (unpaired) electrons. The van der Waals surface area contributed by atoms with Gasteiger partial charge in [0.25, 0.3) is 0 Å². The van der Waals surface area contributed by atoms with Gasteiger partial charge in [0.05, 0.1) is 0 Å². The molecule has 1 aliphatic carbocycles. The van der Waals surface area contributed by atoms with Gasteiger partial charge in [-0.15, -0.1) is 0 Å². The molecule has 0 aromatic carbocycles. The van der Waals surface area contributed by atoms with Gasteiger partial charge in [-0.25, -0.2) is 0 Å². The van der Waals surface area contributed by atoms with Crippen molar-refractivity contribution in [3.8, 4) is 0 Å². The van der Waals surface area contributed by atoms with Crippen LogP contribution in [-0.4, -0.2) is 37.1 Å². The Hall–Kier alpha value is -0.0800. The highest BCUT2D eigenvalue weighted by atomic mass is 15.2. The minimum absolute atomic E-state index is 0.852. The summed E-state index contributed by atoms with van der Waals surface area (Å²) in [5.74, 6) is 0. The van der Waals surface area contributed by atoms with E-state index in [4.69, 9.17) is 0 Å². The largest absolute Gasteiger partial charge is 0.314 e. The van der Waals surface area contributed by atoms with Gasteiger partial charge in [0, 0.05) is 25.2 Å². The van der Waals surface area contributed by atoms with Gasteiger partial charge in [0.2, 0.25) is 0 Å². The van der Waals surface area contributed by atoms with E-state index < -0.39 is 0 Å². The van der Waals surface area contributed by atoms with Gasteiger partial charge in [-0.05, 0) is 19.9 Å². The molecule has 1 aliphatic heterocycles. The summed E-state index contributed by atoms with van der Waals surface area (Å²) in [5, 5.41) is 3.30. The number of hydrogen-bond donors (Lipinski definition) is 1. The Balaban J connectivity index is 1.79. The second-order valence-corrected chi connectivity index (χ2v) is 3.56. The summed E-state index contributed by atoms with van der Waals surface area (Å²) in [6.07, 6.45) is 4.33. The Kier molecular flexibility index (Phi) is 1.66. The van der Waals surface area contributed by atoms with Crippen LogP contribution in [0.1, 0.15) is 19.3 Å². The summed E-state index contributed by atoms with van der Waals surface area (Å²) < 4.78 is 0. The SMILES string of the molecule is CN(C1CCC1)C1CNC1. The Morgan fingerprint density at radius 3 is 2.20 bits per heavy atom. The highest BCUT2D eigenvalue weighted by Gasteiger charge is 2.30. The van der Waals surface area contributed by atoms with Crippen LogP contribution in [0.15, 0.2) is 0 Å². The quantitative estimate of drug-likeness (QED) is 0.599. The fourth-order valence-corrected chi connectivity index (χ4v) is 1.65. The summed E-state index contributed by atoms with van der Waals surface area (Å²) in [6, 6.07) is 1.78. The molecule has 0 unspecified atom stereocenters. The highest BCUT2D eigenvalue weighted by Crippen LogP contribution is 2.25. The summed E-state index contributed by atoms with van der Waals surface area (Å²) in [5.41, 5.74) is 0. The summed E-state index contributed by atoms with van der Waals surface area (Å²) in [6.45, 7) is 2.43. The minimum atomic E-state index is 0.852. The first-order valence-electron chi connectivity index (χ1n) is 4.30. The average Bonchev–Trinajstić information content (AvgIpc) is 1.52. The van der Waals surface area contributed by atoms with Crippen molar-refractivity contribution < 1.29 is 0 Å². The van der Waals surface area contributed by atoms with E-state index in [0.29, 0.717) is 0 Å². The van der Waals surface area contributed by atoms with Crippen molar-refractivity contribution in [1.29, 1.82) is 0 Å². The molecule has 0 amide bonds. The molecule has 10 heavy (non-hydrogen) atoms. The maximum atomic E-state index is 3.30. The zero-order valence-electron chi connectivity index (χ0n) is 6.64. The fraction of sp³-hybridized carbons (Fsp3) is 1.00. The van der Waals surface area contributed by atoms with Gasteiger partial charge in [-0.2, -0.15) is 0 Å². The molecule has 0 bridgehead atoms. The van der Waals surface area contributed by atoms with Crippen molar-refractivity contribution in [2.24, 2.45) is 0 Å². The number of likely N-dealkylation sites (N-methyl/N-ethyl adjacent to an activating group) is 1. The Bertz CT molecular complexity index is 102. The Morgan fingerprint density at radius 2 is 1.90 bits per heavy atom. The smallest absolute Gasteiger partial charge is 0.0345 e. The lowest BCUT2D eigenvalue weighted by Crippen LogP contribution is -2.59. The molecule has 2 nitrogen and oxygen atoms in total. The van der Waals surface area contributed by atoms with E-state index in [1.807, 2.05) is 0 Å². The van der Waals surface area contributed by atoms with Crippen molar-refractivity contribution in [3.05, 3.63) is 0 Å². The highest BCUT2D eigenvalue weighted by molar-refractivity contribution is 4.89. The fourth-order valence-electron chi connectivity index (χ4n) is 1.65. The van der Waals surface area contributed by atoms with Crippen LogP contribution in [0.4, 0.5) is 0 Å². The molecule has 0 aromatic heterocycles. The number of rotatable bonds is 2. The van der Waals surface area contributed by atoms with E-state index >= 15 is 0 Å². The van der Waals surface area contributed by atoms with Gasteiger partial charge < -0.3 is 5.32 Å². The first-order chi connectivity index (χ1) is 4.88. The Morgan fingerprint density at radius 1 is 1.20 bits per heavy atom. The lowest BCUT2D eigenvalue weighted by atomic mass is 9.90. The van der Waals surface area contributed by atoms with E-state index in [0.717, 1.165) is 12.1 Å². The van der Waals surface area contributed by atoms with Crippen LogP contribution in [0, 0.1) is 0 Å². The van der Waals surface area contributed by atoms with Gasteiger partial charge in [0.15, 0.2) is 0 Å². The minimum Gasteiger partial charge on any atom is -0.314 e. The predicted octanol–water partition coefficient (Wildman–Crippen LogP) is 0.442. The molecular formula is C8H16N2. The molecule has 2 heteroatoms. The lowest BCUT2D eigenvalue weighted by Gasteiger charge is -2.44. The van der Waals surface area contributed by atoms with Crippen LogP contribution < -0.4 is 5.32 Å². The van der Waals surface area contributed by atoms with Crippen LogP contribution in [0.5, 0.6) is 0 Å². The molecule has 0 atom stereocenters. The zero-order valence-corrected chi connectivity index (χ0v) is 6.64. The van der Waals surface area contributed by atoms with E-state index in [9.17, 15) is 0 Å². The third-order valence-corrected chi connectivity index (χ3v) is 2.99. The van der Waals surface area contributed by atoms with Gasteiger partial charge in [0.1, 0.15) is 0 Å². The van der Waals surface area contributed by atoms with E-state index in [1.54, 1.807) is 0 Å². The third-order valence-electron chi connectivity index (χ3n) is 2.99. The molecule has 1 N–H and O–H groups in total. The van der Waals surface area contributed by atoms with Crippen LogP contribution in [0.3, 0.4) is 0 Å². The molecule has 1 saturated heterocycles. The van der Waals surface area contributed by atoms with Crippen LogP contribution in [-0.2, 0) is 0 Å². The van der Waals surface area contributed by atoms with Gasteiger partial charge in [-0.1, -0.05) is 6.42 Å². The standard InChI is InChI=1S/C8H16N2/c1-10(7-3-2-4-7)8-5-9-6-8/h7-9H,2-6H2,1H3. The molecular weight excluding hydrogens is 124 g/mol. The van der Waals surface area contributed by atoms with Crippen LogP contribution in [0.2, 0.25) is 0 Å². The number of nitrogens with one attached hydrogen (secondary N) is 1. The third kappa shape index (κ3) is 0.956. The normalized spacial score (nSPS) is 28.2. The van der Waals surface area contributed by atoms with E-state index in [2.05, 4.69) is 17.3 Å². The lowest BCUT2D eigenvalue weighted by molar-refractivity contribution is 0.0805. The summed E-state index contributed by atoms with van der Waals surface area (Å²) >= 11 is 0. The monoisotopic (exact) mass is 140 g/mol. The van der Waals surface area contributed by atoms with Gasteiger partial charge >= 0.3 is 0 Å². The second kappa shape index (κ2) is 2.51. The van der Waals surface area contributed by atoms with E-state index in [1.165, 1.54) is 32.4 Å². The molecule has 1 heterocycles. The maximum Gasteiger partial charge on any atom is 0.0345 e. The summed E-state index contributed by atoms with van der Waals surface area (Å²) in [4.78, 5) is 2.56. The van der Waals surface area contributed by atoms with Gasteiger partial charge in [-0.3, -0.25) is 4.90 Å². The molecule has 2 fully saturated rings. The van der Waals surface area contributed by atoms with Crippen molar-refractivity contribution >= 4 is 0 Å². The van der Waals surface area contributed by atoms with Crippen molar-refractivity contribution in [2.45, 2.75) is 31.3 Å². The summed E-state index contributed by atoms with van der Waals surface area (Å²) in [7, 11) is 2.27. The first-order valence-corrected chi connectivity index (χ1v) is 4.30. The van der Waals surface area contributed by atoms with Crippen LogP contribution in [0.25, 0.3) is 0 Å². The molecule has 2 rings (SSSR count). The van der Waals surface area contributed by atoms with E-state index in [-0.39, 0.29) is 0 Å². The van der Waals surface area contributed by atoms with Crippen molar-refractivity contribution in [1.82, 2.24) is 10.2 Å². The number of nitrogens with zero attached hydrogens (tertiary/aromatic N) is 1. The number of hydrogen-bond acceptors (Lipinski definition) is 2. The van der Waals surface area contributed by atoms with Crippen molar-refractivity contribution in [2.75, 3.05) is 20.1 Å². The van der Waals surface area contributed by atoms with Crippen molar-refractivity contribution in [3.63, 3.8) is 0 Å². The zero-order chi connectivity index (χ0) is 6.97. The average molecular weight is 140 g/mol. The molecule has 0 spiro atoms. The second-order valence-electron chi connectivity index (χ2n) is 3.56. The molecule has 2 aliphatic rings. The molecule has 1 saturated carbocycles. The molecule has 58 valence electrons. The topological polar surface area (TPSA) is 15.3 Å². The first kappa shape index (κ1) is 6.62. The van der Waals surface area contributed by atoms with Crippen LogP contribution >= 0.6 is 0 Å². The molecule has 0 aromatic rings. The Labute approximate surface area is 62.6 Å². The predicted molar refractivity (Wildman–Crippen MR) is 42.1 cm³/mol. The maximum absolute atomic E-state index is 3.30.